The molecule has 1 heterocycles. The van der Waals surface area contributed by atoms with Gasteiger partial charge in [0.2, 0.25) is 0 Å². The van der Waals surface area contributed by atoms with Crippen LogP contribution in [0.4, 0.5) is 0 Å². The fourth-order valence-corrected chi connectivity index (χ4v) is 3.82. The van der Waals surface area contributed by atoms with Gasteiger partial charge in [0, 0.05) is 27.5 Å². The van der Waals surface area contributed by atoms with Gasteiger partial charge in [-0.2, -0.15) is 0 Å². The Morgan fingerprint density at radius 3 is 2.54 bits per heavy atom. The van der Waals surface area contributed by atoms with Crippen molar-refractivity contribution < 1.29 is 19.1 Å². The summed E-state index contributed by atoms with van der Waals surface area (Å²) in [7, 11) is 0. The third-order valence-electron chi connectivity index (χ3n) is 3.45. The van der Waals surface area contributed by atoms with E-state index in [1.807, 2.05) is 0 Å². The van der Waals surface area contributed by atoms with Gasteiger partial charge in [0.05, 0.1) is 10.0 Å². The molecule has 2 aromatic carbocycles. The summed E-state index contributed by atoms with van der Waals surface area (Å²) in [5, 5.41) is 0.597. The van der Waals surface area contributed by atoms with Gasteiger partial charge in [-0.1, -0.05) is 27.5 Å². The number of carbonyl (C=O) groups is 2. The molecule has 1 aliphatic rings. The van der Waals surface area contributed by atoms with Gasteiger partial charge >= 0.3 is 11.9 Å². The van der Waals surface area contributed by atoms with Crippen molar-refractivity contribution in [2.75, 3.05) is 0 Å². The van der Waals surface area contributed by atoms with Crippen LogP contribution in [0.1, 0.15) is 18.1 Å². The standard InChI is InChI=1S/C19H11Br2ClO4/c1-10(23)25-18-12(7-14(20)9-16(18)21)6-13-8-17(26-19(13)24)11-2-4-15(22)5-3-11/h2-9H,1H3/b13-6+. The minimum atomic E-state index is -0.486. The van der Waals surface area contributed by atoms with Crippen LogP contribution >= 0.6 is 43.5 Å². The van der Waals surface area contributed by atoms with Crippen LogP contribution in [0.15, 0.2) is 57.0 Å². The molecule has 0 atom stereocenters. The molecule has 132 valence electrons. The summed E-state index contributed by atoms with van der Waals surface area (Å²) in [6, 6.07) is 10.5. The van der Waals surface area contributed by atoms with Crippen LogP contribution in [0.2, 0.25) is 5.02 Å². The molecule has 1 aliphatic heterocycles. The lowest BCUT2D eigenvalue weighted by Crippen LogP contribution is -2.04. The highest BCUT2D eigenvalue weighted by Gasteiger charge is 2.23. The highest BCUT2D eigenvalue weighted by Crippen LogP contribution is 2.36. The first-order chi connectivity index (χ1) is 12.3. The van der Waals surface area contributed by atoms with Crippen molar-refractivity contribution in [1.82, 2.24) is 0 Å². The van der Waals surface area contributed by atoms with Crippen molar-refractivity contribution >= 4 is 67.2 Å². The zero-order valence-corrected chi connectivity index (χ0v) is 17.3. The molecule has 2 aromatic rings. The maximum absolute atomic E-state index is 12.2. The number of hydrogen-bond donors (Lipinski definition) is 0. The fraction of sp³-hybridized carbons (Fsp3) is 0.0526. The van der Waals surface area contributed by atoms with E-state index in [4.69, 9.17) is 21.1 Å². The summed E-state index contributed by atoms with van der Waals surface area (Å²) >= 11 is 12.6. The van der Waals surface area contributed by atoms with Gasteiger partial charge in [0.15, 0.2) is 5.75 Å². The second kappa shape index (κ2) is 7.78. The topological polar surface area (TPSA) is 52.6 Å². The number of benzene rings is 2. The van der Waals surface area contributed by atoms with Gasteiger partial charge in [0.1, 0.15) is 5.76 Å². The molecular formula is C19H11Br2ClO4. The highest BCUT2D eigenvalue weighted by molar-refractivity contribution is 9.11. The molecule has 0 fully saturated rings. The van der Waals surface area contributed by atoms with Crippen LogP contribution in [0, 0.1) is 0 Å². The second-order valence-electron chi connectivity index (χ2n) is 5.40. The van der Waals surface area contributed by atoms with Crippen molar-refractivity contribution in [3.05, 3.63) is 73.1 Å². The largest absolute Gasteiger partial charge is 0.425 e. The van der Waals surface area contributed by atoms with Crippen molar-refractivity contribution in [2.24, 2.45) is 0 Å². The van der Waals surface area contributed by atoms with E-state index in [9.17, 15) is 9.59 Å². The monoisotopic (exact) mass is 496 g/mol. The Bertz CT molecular complexity index is 962. The van der Waals surface area contributed by atoms with E-state index >= 15 is 0 Å². The number of cyclic esters (lactones) is 1. The number of halogens is 3. The molecule has 0 bridgehead atoms. The van der Waals surface area contributed by atoms with Gasteiger partial charge in [-0.15, -0.1) is 0 Å². The molecule has 0 N–H and O–H groups in total. The van der Waals surface area contributed by atoms with Gasteiger partial charge in [-0.3, -0.25) is 4.79 Å². The Labute approximate surface area is 171 Å². The Kier molecular flexibility index (Phi) is 5.65. The van der Waals surface area contributed by atoms with E-state index in [1.165, 1.54) is 6.92 Å². The lowest BCUT2D eigenvalue weighted by atomic mass is 10.1. The number of esters is 2. The van der Waals surface area contributed by atoms with Crippen LogP contribution in [0.25, 0.3) is 11.8 Å². The lowest BCUT2D eigenvalue weighted by molar-refractivity contribution is -0.132. The molecule has 0 aliphatic carbocycles. The molecule has 4 nitrogen and oxygen atoms in total. The molecule has 0 saturated carbocycles. The predicted octanol–water partition coefficient (Wildman–Crippen LogP) is 5.77. The zero-order chi connectivity index (χ0) is 18.8. The Hall–Kier alpha value is -1.89. The van der Waals surface area contributed by atoms with Gasteiger partial charge < -0.3 is 9.47 Å². The molecule has 0 aromatic heterocycles. The molecule has 3 rings (SSSR count). The summed E-state index contributed by atoms with van der Waals surface area (Å²) in [6.07, 6.45) is 3.25. The van der Waals surface area contributed by atoms with Crippen LogP contribution < -0.4 is 4.74 Å². The Morgan fingerprint density at radius 2 is 1.88 bits per heavy atom. The molecule has 0 unspecified atom stereocenters. The van der Waals surface area contributed by atoms with Crippen LogP contribution in [-0.2, 0) is 14.3 Å². The van der Waals surface area contributed by atoms with Gasteiger partial charge in [0.25, 0.3) is 0 Å². The van der Waals surface area contributed by atoms with Crippen LogP contribution in [-0.4, -0.2) is 11.9 Å². The minimum absolute atomic E-state index is 0.328. The molecule has 0 amide bonds. The summed E-state index contributed by atoms with van der Waals surface area (Å²) in [5.41, 5.74) is 1.64. The van der Waals surface area contributed by atoms with E-state index in [0.29, 0.717) is 32.1 Å². The SMILES string of the molecule is CC(=O)Oc1c(Br)cc(Br)cc1/C=C1\C=C(c2ccc(Cl)cc2)OC1=O. The first kappa shape index (κ1) is 18.9. The number of ether oxygens (including phenoxy) is 2. The Balaban J connectivity index is 2.03. The average Bonchev–Trinajstić information content (AvgIpc) is 2.92. The second-order valence-corrected chi connectivity index (χ2v) is 7.61. The highest BCUT2D eigenvalue weighted by atomic mass is 79.9. The molecule has 0 spiro atoms. The Morgan fingerprint density at radius 1 is 1.19 bits per heavy atom. The smallest absolute Gasteiger partial charge is 0.343 e. The van der Waals surface area contributed by atoms with Crippen molar-refractivity contribution in [2.45, 2.75) is 6.92 Å². The van der Waals surface area contributed by atoms with Crippen molar-refractivity contribution in [1.29, 1.82) is 0 Å². The quantitative estimate of drug-likeness (QED) is 0.306. The van der Waals surface area contributed by atoms with Gasteiger partial charge in [-0.25, -0.2) is 4.79 Å². The number of rotatable bonds is 3. The van der Waals surface area contributed by atoms with Crippen molar-refractivity contribution in [3.8, 4) is 5.75 Å². The lowest BCUT2D eigenvalue weighted by Gasteiger charge is -2.09. The third kappa shape index (κ3) is 4.26. The maximum atomic E-state index is 12.2. The summed E-state index contributed by atoms with van der Waals surface area (Å²) in [4.78, 5) is 23.6. The van der Waals surface area contributed by atoms with Crippen LogP contribution in [0.5, 0.6) is 5.75 Å². The third-order valence-corrected chi connectivity index (χ3v) is 4.75. The van der Waals surface area contributed by atoms with E-state index < -0.39 is 11.9 Å². The molecular weight excluding hydrogens is 487 g/mol. The zero-order valence-electron chi connectivity index (χ0n) is 13.4. The van der Waals surface area contributed by atoms with E-state index in [2.05, 4.69) is 31.9 Å². The van der Waals surface area contributed by atoms with Gasteiger partial charge in [-0.05, 0) is 64.5 Å². The molecule has 26 heavy (non-hydrogen) atoms. The first-order valence-corrected chi connectivity index (χ1v) is 9.39. The number of hydrogen-bond acceptors (Lipinski definition) is 4. The average molecular weight is 499 g/mol. The summed E-state index contributed by atoms with van der Waals surface area (Å²) in [5.74, 6) is -0.186. The first-order valence-electron chi connectivity index (χ1n) is 7.42. The molecule has 0 radical (unpaired) electrons. The fourth-order valence-electron chi connectivity index (χ4n) is 2.35. The normalized spacial score (nSPS) is 15.0. The van der Waals surface area contributed by atoms with Crippen LogP contribution in [0.3, 0.4) is 0 Å². The number of carbonyl (C=O) groups excluding carboxylic acids is 2. The summed E-state index contributed by atoms with van der Waals surface area (Å²) < 4.78 is 11.9. The van der Waals surface area contributed by atoms with E-state index in [1.54, 1.807) is 48.6 Å². The summed E-state index contributed by atoms with van der Waals surface area (Å²) in [6.45, 7) is 1.31. The minimum Gasteiger partial charge on any atom is -0.425 e. The maximum Gasteiger partial charge on any atom is 0.343 e. The van der Waals surface area contributed by atoms with E-state index in [-0.39, 0.29) is 0 Å². The predicted molar refractivity (Wildman–Crippen MR) is 107 cm³/mol. The van der Waals surface area contributed by atoms with E-state index in [0.717, 1.165) is 10.0 Å². The molecule has 7 heteroatoms. The van der Waals surface area contributed by atoms with Crippen molar-refractivity contribution in [3.63, 3.8) is 0 Å². The molecule has 0 saturated heterocycles.